The first-order valence-electron chi connectivity index (χ1n) is 6.65. The van der Waals surface area contributed by atoms with Gasteiger partial charge in [0.2, 0.25) is 0 Å². The zero-order valence-corrected chi connectivity index (χ0v) is 11.6. The van der Waals surface area contributed by atoms with Crippen molar-refractivity contribution in [2.45, 2.75) is 45.6 Å². The summed E-state index contributed by atoms with van der Waals surface area (Å²) in [6.45, 7) is 5.67. The third kappa shape index (κ3) is 4.20. The van der Waals surface area contributed by atoms with Gasteiger partial charge in [0.05, 0.1) is 6.42 Å². The summed E-state index contributed by atoms with van der Waals surface area (Å²) in [4.78, 5) is 26.4. The number of carbonyl (C=O) groups is 2. The van der Waals surface area contributed by atoms with Crippen LogP contribution in [0, 0.1) is 5.92 Å². The second-order valence-electron chi connectivity index (χ2n) is 5.47. The van der Waals surface area contributed by atoms with Gasteiger partial charge in [0.25, 0.3) is 0 Å². The molecule has 0 aromatic heterocycles. The van der Waals surface area contributed by atoms with E-state index in [1.54, 1.807) is 16.8 Å². The Bertz CT molecular complexity index is 305. The van der Waals surface area contributed by atoms with Crippen molar-refractivity contribution in [1.29, 1.82) is 0 Å². The Balaban J connectivity index is 2.51. The summed E-state index contributed by atoms with van der Waals surface area (Å²) in [5, 5.41) is 8.84. The Kier molecular flexibility index (Phi) is 5.44. The van der Waals surface area contributed by atoms with Gasteiger partial charge in [-0.15, -0.1) is 0 Å². The van der Waals surface area contributed by atoms with E-state index >= 15 is 0 Å². The quantitative estimate of drug-likeness (QED) is 0.818. The van der Waals surface area contributed by atoms with Crippen molar-refractivity contribution < 1.29 is 14.7 Å². The SMILES string of the molecule is CC(C)CCN(C)C(=O)N1CCCC1CC(=O)O. The van der Waals surface area contributed by atoms with E-state index in [-0.39, 0.29) is 18.5 Å². The summed E-state index contributed by atoms with van der Waals surface area (Å²) in [5.74, 6) is -0.266. The van der Waals surface area contributed by atoms with Crippen molar-refractivity contribution in [2.75, 3.05) is 20.1 Å². The number of likely N-dealkylation sites (tertiary alicyclic amines) is 1. The predicted octanol–water partition coefficient (Wildman–Crippen LogP) is 2.02. The number of nitrogens with zero attached hydrogens (tertiary/aromatic N) is 2. The number of hydrogen-bond donors (Lipinski definition) is 1. The highest BCUT2D eigenvalue weighted by molar-refractivity contribution is 5.76. The van der Waals surface area contributed by atoms with E-state index in [0.717, 1.165) is 25.8 Å². The lowest BCUT2D eigenvalue weighted by atomic mass is 10.1. The molecule has 1 aliphatic heterocycles. The number of carbonyl (C=O) groups excluding carboxylic acids is 1. The summed E-state index contributed by atoms with van der Waals surface area (Å²) in [7, 11) is 1.79. The lowest BCUT2D eigenvalue weighted by Gasteiger charge is -2.29. The third-order valence-electron chi connectivity index (χ3n) is 3.40. The first kappa shape index (κ1) is 14.8. The van der Waals surface area contributed by atoms with Crippen LogP contribution in [0.25, 0.3) is 0 Å². The molecule has 0 spiro atoms. The maximum Gasteiger partial charge on any atom is 0.320 e. The summed E-state index contributed by atoms with van der Waals surface area (Å²) < 4.78 is 0. The van der Waals surface area contributed by atoms with Gasteiger partial charge in [-0.25, -0.2) is 4.79 Å². The maximum absolute atomic E-state index is 12.2. The van der Waals surface area contributed by atoms with Crippen LogP contribution in [0.3, 0.4) is 0 Å². The van der Waals surface area contributed by atoms with E-state index in [9.17, 15) is 9.59 Å². The molecule has 1 heterocycles. The molecule has 1 atom stereocenters. The highest BCUT2D eigenvalue weighted by atomic mass is 16.4. The van der Waals surface area contributed by atoms with E-state index in [1.807, 2.05) is 0 Å². The molecule has 1 unspecified atom stereocenters. The molecule has 5 nitrogen and oxygen atoms in total. The molecule has 5 heteroatoms. The first-order chi connectivity index (χ1) is 8.41. The fourth-order valence-corrected chi connectivity index (χ4v) is 2.27. The second kappa shape index (κ2) is 6.61. The minimum absolute atomic E-state index is 0.0283. The van der Waals surface area contributed by atoms with E-state index in [2.05, 4.69) is 13.8 Å². The van der Waals surface area contributed by atoms with Gasteiger partial charge in [0, 0.05) is 26.2 Å². The first-order valence-corrected chi connectivity index (χ1v) is 6.65. The number of carboxylic acid groups (broad SMARTS) is 1. The van der Waals surface area contributed by atoms with Crippen LogP contribution >= 0.6 is 0 Å². The van der Waals surface area contributed by atoms with Gasteiger partial charge < -0.3 is 14.9 Å². The summed E-state index contributed by atoms with van der Waals surface area (Å²) in [6, 6.07) is -0.157. The van der Waals surface area contributed by atoms with E-state index < -0.39 is 5.97 Å². The van der Waals surface area contributed by atoms with Crippen molar-refractivity contribution in [2.24, 2.45) is 5.92 Å². The van der Waals surface area contributed by atoms with Crippen molar-refractivity contribution in [1.82, 2.24) is 9.80 Å². The van der Waals surface area contributed by atoms with Gasteiger partial charge in [-0.1, -0.05) is 13.8 Å². The minimum atomic E-state index is -0.829. The van der Waals surface area contributed by atoms with Gasteiger partial charge in [-0.05, 0) is 25.2 Å². The highest BCUT2D eigenvalue weighted by Crippen LogP contribution is 2.21. The van der Waals surface area contributed by atoms with Crippen LogP contribution in [-0.4, -0.2) is 53.1 Å². The number of hydrogen-bond acceptors (Lipinski definition) is 2. The lowest BCUT2D eigenvalue weighted by molar-refractivity contribution is -0.138. The smallest absolute Gasteiger partial charge is 0.320 e. The van der Waals surface area contributed by atoms with Gasteiger partial charge in [0.15, 0.2) is 0 Å². The molecule has 0 saturated carbocycles. The Morgan fingerprint density at radius 1 is 1.44 bits per heavy atom. The molecule has 0 aromatic carbocycles. The van der Waals surface area contributed by atoms with Crippen LogP contribution in [-0.2, 0) is 4.79 Å². The molecule has 104 valence electrons. The van der Waals surface area contributed by atoms with Crippen molar-refractivity contribution in [3.63, 3.8) is 0 Å². The average molecular weight is 256 g/mol. The third-order valence-corrected chi connectivity index (χ3v) is 3.40. The zero-order valence-electron chi connectivity index (χ0n) is 11.6. The molecule has 0 radical (unpaired) electrons. The molecule has 1 N–H and O–H groups in total. The average Bonchev–Trinajstić information content (AvgIpc) is 2.71. The van der Waals surface area contributed by atoms with Crippen LogP contribution in [0.1, 0.15) is 39.5 Å². The van der Waals surface area contributed by atoms with E-state index in [1.165, 1.54) is 0 Å². The Morgan fingerprint density at radius 2 is 2.11 bits per heavy atom. The normalized spacial score (nSPS) is 19.3. The summed E-state index contributed by atoms with van der Waals surface area (Å²) in [5.41, 5.74) is 0. The molecule has 1 aliphatic rings. The van der Waals surface area contributed by atoms with Crippen LogP contribution in [0.5, 0.6) is 0 Å². The molecule has 1 saturated heterocycles. The minimum Gasteiger partial charge on any atom is -0.481 e. The van der Waals surface area contributed by atoms with Crippen molar-refractivity contribution >= 4 is 12.0 Å². The van der Waals surface area contributed by atoms with E-state index in [4.69, 9.17) is 5.11 Å². The fraction of sp³-hybridized carbons (Fsp3) is 0.846. The highest BCUT2D eigenvalue weighted by Gasteiger charge is 2.31. The maximum atomic E-state index is 12.2. The van der Waals surface area contributed by atoms with Gasteiger partial charge >= 0.3 is 12.0 Å². The summed E-state index contributed by atoms with van der Waals surface area (Å²) >= 11 is 0. The predicted molar refractivity (Wildman–Crippen MR) is 69.5 cm³/mol. The summed E-state index contributed by atoms with van der Waals surface area (Å²) in [6.07, 6.45) is 2.74. The van der Waals surface area contributed by atoms with Crippen LogP contribution in [0.15, 0.2) is 0 Å². The lowest BCUT2D eigenvalue weighted by Crippen LogP contribution is -2.44. The Labute approximate surface area is 109 Å². The fourth-order valence-electron chi connectivity index (χ4n) is 2.27. The Morgan fingerprint density at radius 3 is 2.67 bits per heavy atom. The van der Waals surface area contributed by atoms with Crippen LogP contribution in [0.2, 0.25) is 0 Å². The number of rotatable bonds is 5. The Hall–Kier alpha value is -1.26. The van der Waals surface area contributed by atoms with E-state index in [0.29, 0.717) is 12.5 Å². The van der Waals surface area contributed by atoms with Crippen molar-refractivity contribution in [3.05, 3.63) is 0 Å². The molecule has 1 fully saturated rings. The van der Waals surface area contributed by atoms with Gasteiger partial charge in [-0.2, -0.15) is 0 Å². The number of urea groups is 1. The molecule has 0 bridgehead atoms. The molecule has 1 rings (SSSR count). The number of amides is 2. The molecule has 0 aromatic rings. The van der Waals surface area contributed by atoms with Crippen molar-refractivity contribution in [3.8, 4) is 0 Å². The largest absolute Gasteiger partial charge is 0.481 e. The molecule has 0 aliphatic carbocycles. The van der Waals surface area contributed by atoms with Gasteiger partial charge in [-0.3, -0.25) is 4.79 Å². The number of aliphatic carboxylic acids is 1. The molecule has 2 amide bonds. The van der Waals surface area contributed by atoms with Crippen LogP contribution < -0.4 is 0 Å². The second-order valence-corrected chi connectivity index (χ2v) is 5.47. The topological polar surface area (TPSA) is 60.9 Å². The van der Waals surface area contributed by atoms with Crippen LogP contribution in [0.4, 0.5) is 4.79 Å². The number of carboxylic acids is 1. The molecule has 18 heavy (non-hydrogen) atoms. The zero-order chi connectivity index (χ0) is 13.7. The standard InChI is InChI=1S/C13H24N2O3/c1-10(2)6-8-14(3)13(18)15-7-4-5-11(15)9-12(16)17/h10-11H,4-9H2,1-3H3,(H,16,17). The van der Waals surface area contributed by atoms with Gasteiger partial charge in [0.1, 0.15) is 0 Å². The molecular weight excluding hydrogens is 232 g/mol. The molecular formula is C13H24N2O3. The monoisotopic (exact) mass is 256 g/mol.